The summed E-state index contributed by atoms with van der Waals surface area (Å²) >= 11 is 5.84. The fourth-order valence-corrected chi connectivity index (χ4v) is 3.03. The van der Waals surface area contributed by atoms with Gasteiger partial charge in [-0.3, -0.25) is 9.59 Å². The van der Waals surface area contributed by atoms with Crippen molar-refractivity contribution in [1.82, 2.24) is 5.32 Å². The number of hydrogen-bond acceptors (Lipinski definition) is 2. The lowest BCUT2D eigenvalue weighted by Crippen LogP contribution is -2.34. The van der Waals surface area contributed by atoms with E-state index in [1.807, 2.05) is 18.2 Å². The molecule has 0 radical (unpaired) electrons. The highest BCUT2D eigenvalue weighted by Gasteiger charge is 2.16. The number of carbonyl (C=O) groups is 2. The number of carbonyl (C=O) groups excluding carboxylic acids is 2. The quantitative estimate of drug-likeness (QED) is 0.712. The van der Waals surface area contributed by atoms with Crippen LogP contribution in [0.25, 0.3) is 0 Å². The molecule has 0 spiro atoms. The van der Waals surface area contributed by atoms with E-state index in [0.29, 0.717) is 16.9 Å². The first-order valence-corrected chi connectivity index (χ1v) is 9.59. The van der Waals surface area contributed by atoms with Gasteiger partial charge in [-0.25, -0.2) is 0 Å². The minimum absolute atomic E-state index is 0.0591. The fourth-order valence-electron chi connectivity index (χ4n) is 2.91. The van der Waals surface area contributed by atoms with Gasteiger partial charge in [0.2, 0.25) is 11.8 Å². The summed E-state index contributed by atoms with van der Waals surface area (Å²) in [5.74, 6) is 0.153. The smallest absolute Gasteiger partial charge is 0.243 e. The largest absolute Gasteiger partial charge is 0.347 e. The van der Waals surface area contributed by atoms with Crippen molar-refractivity contribution in [3.8, 4) is 0 Å². The number of halogens is 1. The molecule has 0 atom stereocenters. The zero-order chi connectivity index (χ0) is 20.0. The maximum atomic E-state index is 12.4. The van der Waals surface area contributed by atoms with Gasteiger partial charge in [-0.1, -0.05) is 69.6 Å². The van der Waals surface area contributed by atoms with Gasteiger partial charge in [0, 0.05) is 10.7 Å². The van der Waals surface area contributed by atoms with Crippen LogP contribution in [0.5, 0.6) is 0 Å². The average Bonchev–Trinajstić information content (AvgIpc) is 2.61. The van der Waals surface area contributed by atoms with E-state index in [0.717, 1.165) is 22.4 Å². The second-order valence-corrected chi connectivity index (χ2v) is 7.69. The number of amides is 2. The third kappa shape index (κ3) is 6.10. The molecule has 0 fully saturated rings. The van der Waals surface area contributed by atoms with Crippen LogP contribution >= 0.6 is 11.6 Å². The van der Waals surface area contributed by atoms with Crippen LogP contribution < -0.4 is 10.6 Å². The molecule has 2 aromatic carbocycles. The van der Waals surface area contributed by atoms with E-state index >= 15 is 0 Å². The molecular formula is C22H27ClN2O2. The highest BCUT2D eigenvalue weighted by Crippen LogP contribution is 2.32. The van der Waals surface area contributed by atoms with Crippen LogP contribution in [-0.4, -0.2) is 18.4 Å². The van der Waals surface area contributed by atoms with Gasteiger partial charge in [0.15, 0.2) is 0 Å². The first-order valence-electron chi connectivity index (χ1n) is 9.21. The Bertz CT molecular complexity index is 772. The Morgan fingerprint density at radius 3 is 1.96 bits per heavy atom. The van der Waals surface area contributed by atoms with Crippen LogP contribution in [0, 0.1) is 0 Å². The summed E-state index contributed by atoms with van der Waals surface area (Å²) in [5, 5.41) is 6.30. The number of hydrogen-bond donors (Lipinski definition) is 2. The van der Waals surface area contributed by atoms with Crippen molar-refractivity contribution in [3.05, 3.63) is 64.2 Å². The third-order valence-corrected chi connectivity index (χ3v) is 4.61. The minimum Gasteiger partial charge on any atom is -0.347 e. The monoisotopic (exact) mass is 386 g/mol. The van der Waals surface area contributed by atoms with Crippen molar-refractivity contribution in [2.45, 2.75) is 46.0 Å². The van der Waals surface area contributed by atoms with Crippen LogP contribution in [-0.2, 0) is 16.0 Å². The summed E-state index contributed by atoms with van der Waals surface area (Å²) in [5.41, 5.74) is 3.91. The van der Waals surface area contributed by atoms with Gasteiger partial charge in [-0.2, -0.15) is 0 Å². The minimum atomic E-state index is -0.227. The van der Waals surface area contributed by atoms with Crippen LogP contribution in [0.3, 0.4) is 0 Å². The Morgan fingerprint density at radius 2 is 1.44 bits per heavy atom. The number of anilines is 1. The number of para-hydroxylation sites is 1. The number of rotatable bonds is 7. The van der Waals surface area contributed by atoms with E-state index in [9.17, 15) is 9.59 Å². The molecule has 2 amide bonds. The molecule has 0 unspecified atom stereocenters. The third-order valence-electron chi connectivity index (χ3n) is 4.36. The van der Waals surface area contributed by atoms with E-state index in [1.54, 1.807) is 24.3 Å². The normalized spacial score (nSPS) is 10.9. The van der Waals surface area contributed by atoms with Gasteiger partial charge < -0.3 is 10.6 Å². The zero-order valence-electron chi connectivity index (χ0n) is 16.3. The van der Waals surface area contributed by atoms with Crippen molar-refractivity contribution in [1.29, 1.82) is 0 Å². The second-order valence-electron chi connectivity index (χ2n) is 7.25. The molecule has 0 aliphatic heterocycles. The van der Waals surface area contributed by atoms with Crippen molar-refractivity contribution in [3.63, 3.8) is 0 Å². The van der Waals surface area contributed by atoms with E-state index in [1.165, 1.54) is 0 Å². The van der Waals surface area contributed by atoms with Crippen LogP contribution in [0.15, 0.2) is 42.5 Å². The van der Waals surface area contributed by atoms with Gasteiger partial charge in [0.1, 0.15) is 0 Å². The first kappa shape index (κ1) is 21.0. The van der Waals surface area contributed by atoms with Gasteiger partial charge in [-0.15, -0.1) is 0 Å². The SMILES string of the molecule is CC(C)c1cccc(C(C)C)c1NC(=O)CNC(=O)Cc1ccc(Cl)cc1. The first-order chi connectivity index (χ1) is 12.8. The van der Waals surface area contributed by atoms with Crippen molar-refractivity contribution in [2.75, 3.05) is 11.9 Å². The van der Waals surface area contributed by atoms with Crippen molar-refractivity contribution in [2.24, 2.45) is 0 Å². The Hall–Kier alpha value is -2.33. The second kappa shape index (κ2) is 9.56. The average molecular weight is 387 g/mol. The maximum Gasteiger partial charge on any atom is 0.243 e. The summed E-state index contributed by atoms with van der Waals surface area (Å²) < 4.78 is 0. The lowest BCUT2D eigenvalue weighted by atomic mass is 9.92. The molecule has 2 rings (SSSR count). The predicted octanol–water partition coefficient (Wildman–Crippen LogP) is 4.88. The van der Waals surface area contributed by atoms with Crippen molar-refractivity contribution < 1.29 is 9.59 Å². The zero-order valence-corrected chi connectivity index (χ0v) is 17.1. The lowest BCUT2D eigenvalue weighted by Gasteiger charge is -2.20. The van der Waals surface area contributed by atoms with E-state index in [-0.39, 0.29) is 24.8 Å². The molecular weight excluding hydrogens is 360 g/mol. The lowest BCUT2D eigenvalue weighted by molar-refractivity contribution is -0.123. The molecule has 0 aliphatic rings. The molecule has 2 aromatic rings. The fraction of sp³-hybridized carbons (Fsp3) is 0.364. The Morgan fingerprint density at radius 1 is 0.889 bits per heavy atom. The number of benzene rings is 2. The molecule has 0 bridgehead atoms. The Labute approximate surface area is 166 Å². The summed E-state index contributed by atoms with van der Waals surface area (Å²) in [6, 6.07) is 13.2. The molecule has 0 aromatic heterocycles. The molecule has 0 saturated carbocycles. The maximum absolute atomic E-state index is 12.4. The topological polar surface area (TPSA) is 58.2 Å². The number of nitrogens with one attached hydrogen (secondary N) is 2. The van der Waals surface area contributed by atoms with E-state index < -0.39 is 0 Å². The van der Waals surface area contributed by atoms with Gasteiger partial charge >= 0.3 is 0 Å². The predicted molar refractivity (Wildman–Crippen MR) is 111 cm³/mol. The molecule has 2 N–H and O–H groups in total. The highest BCUT2D eigenvalue weighted by molar-refractivity contribution is 6.30. The van der Waals surface area contributed by atoms with E-state index in [2.05, 4.69) is 38.3 Å². The summed E-state index contributed by atoms with van der Waals surface area (Å²) in [7, 11) is 0. The summed E-state index contributed by atoms with van der Waals surface area (Å²) in [4.78, 5) is 24.5. The summed E-state index contributed by atoms with van der Waals surface area (Å²) in [6.45, 7) is 8.34. The van der Waals surface area contributed by atoms with Crippen LogP contribution in [0.4, 0.5) is 5.69 Å². The standard InChI is InChI=1S/C22H27ClN2O2/c1-14(2)18-6-5-7-19(15(3)4)22(18)25-21(27)13-24-20(26)12-16-8-10-17(23)11-9-16/h5-11,14-15H,12-13H2,1-4H3,(H,24,26)(H,25,27). The van der Waals surface area contributed by atoms with E-state index in [4.69, 9.17) is 11.6 Å². The molecule has 0 heterocycles. The molecule has 5 heteroatoms. The molecule has 0 aliphatic carbocycles. The molecule has 27 heavy (non-hydrogen) atoms. The van der Waals surface area contributed by atoms with Crippen molar-refractivity contribution >= 4 is 29.1 Å². The molecule has 144 valence electrons. The van der Waals surface area contributed by atoms with Crippen LogP contribution in [0.2, 0.25) is 5.02 Å². The summed E-state index contributed by atoms with van der Waals surface area (Å²) in [6.07, 6.45) is 0.213. The van der Waals surface area contributed by atoms with Gasteiger partial charge in [0.05, 0.1) is 13.0 Å². The molecule has 0 saturated heterocycles. The highest BCUT2D eigenvalue weighted by atomic mass is 35.5. The Balaban J connectivity index is 1.99. The van der Waals surface area contributed by atoms with Gasteiger partial charge in [0.25, 0.3) is 0 Å². The Kier molecular flexibility index (Phi) is 7.43. The molecule has 4 nitrogen and oxygen atoms in total. The van der Waals surface area contributed by atoms with Gasteiger partial charge in [-0.05, 0) is 40.7 Å². The van der Waals surface area contributed by atoms with Crippen LogP contribution in [0.1, 0.15) is 56.2 Å².